The lowest BCUT2D eigenvalue weighted by atomic mass is 9.96. The zero-order valence-corrected chi connectivity index (χ0v) is 20.7. The lowest BCUT2D eigenvalue weighted by Gasteiger charge is -2.24. The monoisotopic (exact) mass is 494 g/mol. The molecule has 4 rings (SSSR count). The van der Waals surface area contributed by atoms with Gasteiger partial charge in [0, 0.05) is 5.56 Å². The minimum absolute atomic E-state index is 0.0627. The molecule has 0 saturated carbocycles. The van der Waals surface area contributed by atoms with Crippen LogP contribution in [0, 0.1) is 0 Å². The molecule has 0 spiro atoms. The Bertz CT molecular complexity index is 1470. The molecule has 9 heteroatoms. The SMILES string of the molecule is CCOC(=O)C1=C(C)N=c2s/c(=C\c3cccc(OC)c3O)c(=O)n2[C@H]1c1ccc(OCC)cc1. The van der Waals surface area contributed by atoms with E-state index in [9.17, 15) is 14.7 Å². The Labute approximate surface area is 206 Å². The predicted molar refractivity (Wildman–Crippen MR) is 133 cm³/mol. The first kappa shape index (κ1) is 24.3. The van der Waals surface area contributed by atoms with E-state index >= 15 is 0 Å². The number of hydrogen-bond acceptors (Lipinski definition) is 8. The van der Waals surface area contributed by atoms with Crippen LogP contribution < -0.4 is 24.4 Å². The Morgan fingerprint density at radius 1 is 1.17 bits per heavy atom. The zero-order chi connectivity index (χ0) is 25.1. The lowest BCUT2D eigenvalue weighted by Crippen LogP contribution is -2.39. The van der Waals surface area contributed by atoms with Crippen LogP contribution in [0.2, 0.25) is 0 Å². The number of phenols is 1. The number of methoxy groups -OCH3 is 1. The van der Waals surface area contributed by atoms with Crippen LogP contribution >= 0.6 is 11.3 Å². The molecule has 8 nitrogen and oxygen atoms in total. The molecule has 0 amide bonds. The summed E-state index contributed by atoms with van der Waals surface area (Å²) in [4.78, 5) is 31.6. The fourth-order valence-electron chi connectivity index (χ4n) is 3.98. The first-order valence-electron chi connectivity index (χ1n) is 11.2. The lowest BCUT2D eigenvalue weighted by molar-refractivity contribution is -0.139. The highest BCUT2D eigenvalue weighted by Gasteiger charge is 2.33. The quantitative estimate of drug-likeness (QED) is 0.507. The Hall–Kier alpha value is -3.85. The standard InChI is InChI=1S/C26H26N2O6S/c1-5-33-18-12-10-16(11-13-18)22-21(25(31)34-6-2)15(3)27-26-28(22)24(30)20(35-26)14-17-8-7-9-19(32-4)23(17)29/h7-14,22,29H,5-6H2,1-4H3/b20-14-/t22-/m0/s1. The van der Waals surface area contributed by atoms with Gasteiger partial charge in [0.1, 0.15) is 5.75 Å². The number of aromatic nitrogens is 1. The first-order chi connectivity index (χ1) is 16.9. The van der Waals surface area contributed by atoms with E-state index in [-0.39, 0.29) is 17.9 Å². The highest BCUT2D eigenvalue weighted by atomic mass is 32.1. The molecular weight excluding hydrogens is 468 g/mol. The number of allylic oxidation sites excluding steroid dienone is 1. The minimum Gasteiger partial charge on any atom is -0.504 e. The van der Waals surface area contributed by atoms with E-state index < -0.39 is 12.0 Å². The molecular formula is C26H26N2O6S. The maximum atomic E-state index is 13.6. The van der Waals surface area contributed by atoms with Gasteiger partial charge in [0.15, 0.2) is 16.3 Å². The summed E-state index contributed by atoms with van der Waals surface area (Å²) in [5, 5.41) is 10.5. The summed E-state index contributed by atoms with van der Waals surface area (Å²) in [5.41, 5.74) is 1.62. The molecule has 1 atom stereocenters. The largest absolute Gasteiger partial charge is 0.504 e. The summed E-state index contributed by atoms with van der Waals surface area (Å²) < 4.78 is 17.9. The van der Waals surface area contributed by atoms with Crippen molar-refractivity contribution in [2.75, 3.05) is 20.3 Å². The number of nitrogens with zero attached hydrogens (tertiary/aromatic N) is 2. The van der Waals surface area contributed by atoms with Gasteiger partial charge in [-0.15, -0.1) is 0 Å². The van der Waals surface area contributed by atoms with Crippen molar-refractivity contribution in [2.24, 2.45) is 4.99 Å². The van der Waals surface area contributed by atoms with E-state index in [1.165, 1.54) is 23.0 Å². The number of para-hydroxylation sites is 1. The van der Waals surface area contributed by atoms with Gasteiger partial charge in [-0.3, -0.25) is 9.36 Å². The fourth-order valence-corrected chi connectivity index (χ4v) is 5.02. The van der Waals surface area contributed by atoms with Crippen LogP contribution in [-0.4, -0.2) is 36.0 Å². The summed E-state index contributed by atoms with van der Waals surface area (Å²) in [6.45, 7) is 6.09. The van der Waals surface area contributed by atoms with Crippen molar-refractivity contribution >= 4 is 23.4 Å². The van der Waals surface area contributed by atoms with Crippen molar-refractivity contribution < 1.29 is 24.1 Å². The van der Waals surface area contributed by atoms with Crippen molar-refractivity contribution in [1.82, 2.24) is 4.57 Å². The predicted octanol–water partition coefficient (Wildman–Crippen LogP) is 2.91. The summed E-state index contributed by atoms with van der Waals surface area (Å²) in [5.74, 6) is 0.412. The molecule has 2 aromatic carbocycles. The third-order valence-corrected chi connectivity index (χ3v) is 6.54. The second kappa shape index (κ2) is 10.2. The van der Waals surface area contributed by atoms with Crippen molar-refractivity contribution in [3.8, 4) is 17.2 Å². The highest BCUT2D eigenvalue weighted by Crippen LogP contribution is 2.32. The van der Waals surface area contributed by atoms with Gasteiger partial charge in [0.25, 0.3) is 5.56 Å². The van der Waals surface area contributed by atoms with E-state index in [2.05, 4.69) is 4.99 Å². The number of carbonyl (C=O) groups is 1. The van der Waals surface area contributed by atoms with Crippen LogP contribution in [0.25, 0.3) is 6.08 Å². The molecule has 1 aromatic heterocycles. The maximum absolute atomic E-state index is 13.6. The van der Waals surface area contributed by atoms with E-state index in [1.807, 2.05) is 19.1 Å². The van der Waals surface area contributed by atoms with Gasteiger partial charge in [-0.1, -0.05) is 35.6 Å². The molecule has 0 fully saturated rings. The molecule has 0 aliphatic carbocycles. The number of aromatic hydroxyl groups is 1. The molecule has 1 N–H and O–H groups in total. The second-order valence-corrected chi connectivity index (χ2v) is 8.71. The zero-order valence-electron chi connectivity index (χ0n) is 19.9. The third-order valence-electron chi connectivity index (χ3n) is 5.56. The number of ether oxygens (including phenoxy) is 3. The molecule has 182 valence electrons. The Morgan fingerprint density at radius 2 is 1.91 bits per heavy atom. The van der Waals surface area contributed by atoms with Crippen LogP contribution in [0.5, 0.6) is 17.2 Å². The number of benzene rings is 2. The van der Waals surface area contributed by atoms with Gasteiger partial charge >= 0.3 is 5.97 Å². The van der Waals surface area contributed by atoms with Gasteiger partial charge in [-0.05, 0) is 50.6 Å². The number of phenolic OH excluding ortho intramolecular Hbond substituents is 1. The van der Waals surface area contributed by atoms with Gasteiger partial charge < -0.3 is 19.3 Å². The Morgan fingerprint density at radius 3 is 2.57 bits per heavy atom. The first-order valence-corrected chi connectivity index (χ1v) is 12.0. The summed E-state index contributed by atoms with van der Waals surface area (Å²) in [6, 6.07) is 11.6. The molecule has 0 bridgehead atoms. The van der Waals surface area contributed by atoms with E-state index in [0.717, 1.165) is 5.56 Å². The minimum atomic E-state index is -0.720. The van der Waals surface area contributed by atoms with Crippen LogP contribution in [0.4, 0.5) is 0 Å². The van der Waals surface area contributed by atoms with Crippen molar-refractivity contribution in [3.05, 3.63) is 84.5 Å². The second-order valence-electron chi connectivity index (χ2n) is 7.70. The highest BCUT2D eigenvalue weighted by molar-refractivity contribution is 7.07. The Kier molecular flexibility index (Phi) is 7.07. The number of thiazole rings is 1. The van der Waals surface area contributed by atoms with Crippen molar-refractivity contribution in [3.63, 3.8) is 0 Å². The van der Waals surface area contributed by atoms with Crippen molar-refractivity contribution in [2.45, 2.75) is 26.8 Å². The molecule has 0 saturated heterocycles. The normalized spacial score (nSPS) is 15.4. The van der Waals surface area contributed by atoms with Crippen LogP contribution in [0.1, 0.15) is 37.9 Å². The Balaban J connectivity index is 1.93. The molecule has 0 unspecified atom stereocenters. The van der Waals surface area contributed by atoms with Crippen LogP contribution in [0.3, 0.4) is 0 Å². The van der Waals surface area contributed by atoms with Crippen LogP contribution in [0.15, 0.2) is 63.5 Å². The summed E-state index contributed by atoms with van der Waals surface area (Å²) in [6.07, 6.45) is 1.60. The topological polar surface area (TPSA) is 99.4 Å². The van der Waals surface area contributed by atoms with Gasteiger partial charge in [-0.2, -0.15) is 0 Å². The van der Waals surface area contributed by atoms with E-state index in [4.69, 9.17) is 14.2 Å². The third kappa shape index (κ3) is 4.59. The van der Waals surface area contributed by atoms with Gasteiger partial charge in [-0.25, -0.2) is 9.79 Å². The van der Waals surface area contributed by atoms with Crippen LogP contribution in [-0.2, 0) is 9.53 Å². The molecule has 0 radical (unpaired) electrons. The smallest absolute Gasteiger partial charge is 0.338 e. The average molecular weight is 495 g/mol. The molecule has 1 aliphatic rings. The van der Waals surface area contributed by atoms with E-state index in [0.29, 0.717) is 44.3 Å². The maximum Gasteiger partial charge on any atom is 0.338 e. The fraction of sp³-hybridized carbons (Fsp3) is 0.269. The number of hydrogen-bond donors (Lipinski definition) is 1. The number of carbonyl (C=O) groups excluding carboxylic acids is 1. The summed E-state index contributed by atoms with van der Waals surface area (Å²) in [7, 11) is 1.46. The molecule has 2 heterocycles. The van der Waals surface area contributed by atoms with E-state index in [1.54, 1.807) is 50.3 Å². The number of esters is 1. The van der Waals surface area contributed by atoms with Gasteiger partial charge in [0.05, 0.1) is 42.2 Å². The van der Waals surface area contributed by atoms with Gasteiger partial charge in [0.2, 0.25) is 0 Å². The average Bonchev–Trinajstić information content (AvgIpc) is 3.14. The number of rotatable bonds is 7. The summed E-state index contributed by atoms with van der Waals surface area (Å²) >= 11 is 1.18. The molecule has 35 heavy (non-hydrogen) atoms. The molecule has 3 aromatic rings. The van der Waals surface area contributed by atoms with Crippen molar-refractivity contribution in [1.29, 1.82) is 0 Å². The number of fused-ring (bicyclic) bond motifs is 1. The molecule has 1 aliphatic heterocycles.